The lowest BCUT2D eigenvalue weighted by Crippen LogP contribution is -1.95. The normalized spacial score (nSPS) is 10.5. The summed E-state index contributed by atoms with van der Waals surface area (Å²) in [5.41, 5.74) is 10.6. The second-order valence-corrected chi connectivity index (χ2v) is 8.48. The van der Waals surface area contributed by atoms with Crippen molar-refractivity contribution >= 4 is 21.5 Å². The van der Waals surface area contributed by atoms with E-state index < -0.39 is 0 Å². The maximum atomic E-state index is 2.35. The van der Waals surface area contributed by atoms with E-state index in [1.807, 2.05) is 13.8 Å². The fourth-order valence-corrected chi connectivity index (χ4v) is 4.71. The summed E-state index contributed by atoms with van der Waals surface area (Å²) in [4.78, 5) is 0. The second-order valence-electron chi connectivity index (χ2n) is 8.48. The fourth-order valence-electron chi connectivity index (χ4n) is 4.71. The van der Waals surface area contributed by atoms with Crippen LogP contribution in [0.3, 0.4) is 0 Å². The lowest BCUT2D eigenvalue weighted by molar-refractivity contribution is 1.38. The summed E-state index contributed by atoms with van der Waals surface area (Å²) in [6.07, 6.45) is 0. The maximum Gasteiger partial charge on any atom is -0.00175 e. The molecule has 0 bridgehead atoms. The molecule has 0 radical (unpaired) electrons. The lowest BCUT2D eigenvalue weighted by atomic mass is 9.82. The average Bonchev–Trinajstić information content (AvgIpc) is 2.83. The molecule has 0 heterocycles. The van der Waals surface area contributed by atoms with Gasteiger partial charge in [-0.25, -0.2) is 0 Å². The van der Waals surface area contributed by atoms with Crippen molar-refractivity contribution in [2.45, 2.75) is 49.0 Å². The number of hydrogen-bond donors (Lipinski definition) is 0. The Hall–Kier alpha value is -3.38. The van der Waals surface area contributed by atoms with E-state index in [9.17, 15) is 0 Å². The van der Waals surface area contributed by atoms with Crippen molar-refractivity contribution in [3.8, 4) is 22.3 Å². The molecular weight excluding hydrogens is 396 g/mol. The molecular formula is C33H36. The van der Waals surface area contributed by atoms with Crippen molar-refractivity contribution in [1.82, 2.24) is 0 Å². The lowest BCUT2D eigenvalue weighted by Gasteiger charge is -2.21. The van der Waals surface area contributed by atoms with Gasteiger partial charge in [0.25, 0.3) is 0 Å². The topological polar surface area (TPSA) is 0 Å². The largest absolute Gasteiger partial charge is 0.0776 e. The molecule has 0 spiro atoms. The predicted molar refractivity (Wildman–Crippen MR) is 149 cm³/mol. The van der Waals surface area contributed by atoms with Crippen LogP contribution >= 0.6 is 0 Å². The molecule has 0 saturated heterocycles. The van der Waals surface area contributed by atoms with E-state index in [1.54, 1.807) is 0 Å². The number of fused-ring (bicyclic) bond motifs is 3. The Bertz CT molecular complexity index is 1310. The number of rotatable bonds is 2. The number of hydrogen-bond acceptors (Lipinski definition) is 0. The molecule has 0 nitrogen and oxygen atoms in total. The zero-order chi connectivity index (χ0) is 22.8. The Morgan fingerprint density at radius 3 is 1.12 bits per heavy atom. The van der Waals surface area contributed by atoms with E-state index in [-0.39, 0.29) is 7.43 Å². The molecule has 5 rings (SSSR count). The van der Waals surface area contributed by atoms with Crippen LogP contribution in [0.15, 0.2) is 84.9 Å². The first-order valence-corrected chi connectivity index (χ1v) is 11.6. The zero-order valence-electron chi connectivity index (χ0n) is 20.1. The van der Waals surface area contributed by atoms with Gasteiger partial charge in [0.05, 0.1) is 0 Å². The van der Waals surface area contributed by atoms with E-state index in [0.29, 0.717) is 0 Å². The molecule has 0 atom stereocenters. The first kappa shape index (κ1) is 24.3. The molecule has 5 aromatic rings. The van der Waals surface area contributed by atoms with Crippen LogP contribution in [0.25, 0.3) is 43.8 Å². The summed E-state index contributed by atoms with van der Waals surface area (Å²) in [6, 6.07) is 31.3. The smallest absolute Gasteiger partial charge is 0.00175 e. The molecule has 0 unspecified atom stereocenters. The standard InChI is InChI=1S/C30H26.C2H6.CH4/c1-19-13-15-21(3)27(17-19)29-25-11-7-5-9-23(25)24-10-6-8-12-26(24)30(29)28-18-20(2)14-16-22(28)4;1-2;/h5-18H,1-4H3;1-2H3;1H4. The Kier molecular flexibility index (Phi) is 7.39. The summed E-state index contributed by atoms with van der Waals surface area (Å²) in [6.45, 7) is 12.8. The Balaban J connectivity index is 0.000000994. The fraction of sp³-hybridized carbons (Fsp3) is 0.212. The third-order valence-corrected chi connectivity index (χ3v) is 6.26. The van der Waals surface area contributed by atoms with Crippen molar-refractivity contribution in [3.05, 3.63) is 107 Å². The molecule has 0 amide bonds. The van der Waals surface area contributed by atoms with Crippen molar-refractivity contribution in [1.29, 1.82) is 0 Å². The predicted octanol–water partition coefficient (Wildman–Crippen LogP) is 10.2. The first-order chi connectivity index (χ1) is 15.5. The van der Waals surface area contributed by atoms with Crippen LogP contribution in [-0.2, 0) is 0 Å². The molecule has 0 saturated carbocycles. The van der Waals surface area contributed by atoms with Gasteiger partial charge in [0, 0.05) is 0 Å². The number of aryl methyl sites for hydroxylation is 4. The highest BCUT2D eigenvalue weighted by molar-refractivity contribution is 6.22. The van der Waals surface area contributed by atoms with Gasteiger partial charge in [-0.2, -0.15) is 0 Å². The van der Waals surface area contributed by atoms with E-state index in [0.717, 1.165) is 0 Å². The van der Waals surface area contributed by atoms with Crippen molar-refractivity contribution < 1.29 is 0 Å². The van der Waals surface area contributed by atoms with Gasteiger partial charge >= 0.3 is 0 Å². The van der Waals surface area contributed by atoms with E-state index in [2.05, 4.69) is 113 Å². The highest BCUT2D eigenvalue weighted by Gasteiger charge is 2.19. The molecule has 5 aromatic carbocycles. The van der Waals surface area contributed by atoms with Crippen LogP contribution in [0.1, 0.15) is 43.5 Å². The molecule has 0 N–H and O–H groups in total. The van der Waals surface area contributed by atoms with Crippen LogP contribution in [-0.4, -0.2) is 0 Å². The molecule has 0 aliphatic rings. The van der Waals surface area contributed by atoms with Gasteiger partial charge in [0.2, 0.25) is 0 Å². The SMILES string of the molecule is C.CC.Cc1ccc(C)c(-c2c(-c3cc(C)ccc3C)c3ccccc3c3ccccc23)c1. The highest BCUT2D eigenvalue weighted by Crippen LogP contribution is 2.46. The van der Waals surface area contributed by atoms with Crippen LogP contribution < -0.4 is 0 Å². The van der Waals surface area contributed by atoms with Crippen LogP contribution in [0.5, 0.6) is 0 Å². The molecule has 33 heavy (non-hydrogen) atoms. The van der Waals surface area contributed by atoms with E-state index >= 15 is 0 Å². The van der Waals surface area contributed by atoms with E-state index in [4.69, 9.17) is 0 Å². The summed E-state index contributed by atoms with van der Waals surface area (Å²) >= 11 is 0. The van der Waals surface area contributed by atoms with Crippen molar-refractivity contribution in [3.63, 3.8) is 0 Å². The van der Waals surface area contributed by atoms with Gasteiger partial charge in [-0.3, -0.25) is 0 Å². The molecule has 0 aromatic heterocycles. The van der Waals surface area contributed by atoms with Gasteiger partial charge in [-0.1, -0.05) is 117 Å². The minimum absolute atomic E-state index is 0. The second kappa shape index (κ2) is 10.0. The minimum atomic E-state index is 0. The maximum absolute atomic E-state index is 2.35. The Labute approximate surface area is 199 Å². The quantitative estimate of drug-likeness (QED) is 0.243. The third kappa shape index (κ3) is 4.31. The van der Waals surface area contributed by atoms with Gasteiger partial charge in [0.1, 0.15) is 0 Å². The monoisotopic (exact) mass is 432 g/mol. The number of benzene rings is 5. The summed E-state index contributed by atoms with van der Waals surface area (Å²) in [7, 11) is 0. The third-order valence-electron chi connectivity index (χ3n) is 6.26. The van der Waals surface area contributed by atoms with Crippen LogP contribution in [0.4, 0.5) is 0 Å². The zero-order valence-corrected chi connectivity index (χ0v) is 20.1. The van der Waals surface area contributed by atoms with E-state index in [1.165, 1.54) is 66.1 Å². The van der Waals surface area contributed by atoms with Gasteiger partial charge in [-0.05, 0) is 82.6 Å². The van der Waals surface area contributed by atoms with Gasteiger partial charge in [-0.15, -0.1) is 0 Å². The van der Waals surface area contributed by atoms with Crippen LogP contribution in [0.2, 0.25) is 0 Å². The summed E-state index contributed by atoms with van der Waals surface area (Å²) in [5, 5.41) is 5.28. The van der Waals surface area contributed by atoms with Crippen molar-refractivity contribution in [2.75, 3.05) is 0 Å². The summed E-state index contributed by atoms with van der Waals surface area (Å²) in [5.74, 6) is 0. The molecule has 0 aliphatic heterocycles. The Morgan fingerprint density at radius 2 is 0.758 bits per heavy atom. The molecule has 168 valence electrons. The average molecular weight is 433 g/mol. The molecule has 0 heteroatoms. The minimum Gasteiger partial charge on any atom is -0.0776 e. The molecule has 0 aliphatic carbocycles. The van der Waals surface area contributed by atoms with Crippen molar-refractivity contribution in [2.24, 2.45) is 0 Å². The Morgan fingerprint density at radius 1 is 0.424 bits per heavy atom. The van der Waals surface area contributed by atoms with Gasteiger partial charge in [0.15, 0.2) is 0 Å². The van der Waals surface area contributed by atoms with Gasteiger partial charge < -0.3 is 0 Å². The first-order valence-electron chi connectivity index (χ1n) is 11.6. The molecule has 0 fully saturated rings. The summed E-state index contributed by atoms with van der Waals surface area (Å²) < 4.78 is 0. The highest BCUT2D eigenvalue weighted by atomic mass is 14.2. The van der Waals surface area contributed by atoms with Crippen LogP contribution in [0, 0.1) is 27.7 Å².